The standard InChI is InChI=1S/C23H26N4O3/c1-15-5-6-17(19(28)13-15)21-20(16-7-9-24-10-8-16)18-14-26(11-12-27(18)25-21)22(29)30-23(2,3)4/h5-10,13,28H,11-12,14H2,1-4H3. The maximum Gasteiger partial charge on any atom is 0.410 e. The predicted molar refractivity (Wildman–Crippen MR) is 114 cm³/mol. The largest absolute Gasteiger partial charge is 0.507 e. The monoisotopic (exact) mass is 406 g/mol. The van der Waals surface area contributed by atoms with E-state index in [4.69, 9.17) is 9.84 Å². The van der Waals surface area contributed by atoms with Crippen molar-refractivity contribution in [3.63, 3.8) is 0 Å². The lowest BCUT2D eigenvalue weighted by Gasteiger charge is -2.30. The molecule has 0 spiro atoms. The maximum atomic E-state index is 12.7. The SMILES string of the molecule is Cc1ccc(-c2nn3c(c2-c2ccncc2)CN(C(=O)OC(C)(C)C)CC3)c(O)c1. The molecule has 0 fully saturated rings. The second kappa shape index (κ2) is 7.48. The average molecular weight is 406 g/mol. The summed E-state index contributed by atoms with van der Waals surface area (Å²) in [5.74, 6) is 0.185. The number of fused-ring (bicyclic) bond motifs is 1. The van der Waals surface area contributed by atoms with Crippen LogP contribution in [0.25, 0.3) is 22.4 Å². The van der Waals surface area contributed by atoms with Crippen molar-refractivity contribution in [2.45, 2.75) is 46.4 Å². The van der Waals surface area contributed by atoms with Crippen LogP contribution in [0.15, 0.2) is 42.7 Å². The molecule has 0 aliphatic carbocycles. The van der Waals surface area contributed by atoms with E-state index in [0.717, 1.165) is 22.4 Å². The Kier molecular flexibility index (Phi) is 4.97. The number of carbonyl (C=O) groups is 1. The van der Waals surface area contributed by atoms with Crippen molar-refractivity contribution < 1.29 is 14.6 Å². The summed E-state index contributed by atoms with van der Waals surface area (Å²) < 4.78 is 7.49. The molecule has 2 aromatic heterocycles. The molecule has 0 saturated heterocycles. The Labute approximate surface area is 175 Å². The Balaban J connectivity index is 1.81. The molecule has 1 aliphatic heterocycles. The van der Waals surface area contributed by atoms with Crippen LogP contribution in [-0.4, -0.2) is 43.0 Å². The summed E-state index contributed by atoms with van der Waals surface area (Å²) in [4.78, 5) is 18.5. The fourth-order valence-electron chi connectivity index (χ4n) is 3.65. The van der Waals surface area contributed by atoms with Crippen LogP contribution in [0.1, 0.15) is 32.0 Å². The molecular weight excluding hydrogens is 380 g/mol. The molecule has 1 aromatic carbocycles. The van der Waals surface area contributed by atoms with E-state index in [9.17, 15) is 9.90 Å². The number of phenolic OH excluding ortho intramolecular Hbond substituents is 1. The molecule has 0 bridgehead atoms. The van der Waals surface area contributed by atoms with Crippen LogP contribution in [0.4, 0.5) is 4.79 Å². The maximum absolute atomic E-state index is 12.7. The van der Waals surface area contributed by atoms with Gasteiger partial charge >= 0.3 is 6.09 Å². The van der Waals surface area contributed by atoms with Crippen molar-refractivity contribution in [2.24, 2.45) is 0 Å². The number of aromatic hydroxyl groups is 1. The summed E-state index contributed by atoms with van der Waals surface area (Å²) in [6.07, 6.45) is 3.12. The van der Waals surface area contributed by atoms with Crippen LogP contribution in [0, 0.1) is 6.92 Å². The van der Waals surface area contributed by atoms with Crippen LogP contribution in [0.3, 0.4) is 0 Å². The molecule has 0 radical (unpaired) electrons. The molecule has 0 atom stereocenters. The van der Waals surface area contributed by atoms with Gasteiger partial charge in [0.25, 0.3) is 0 Å². The van der Waals surface area contributed by atoms with Crippen molar-refractivity contribution in [3.8, 4) is 28.1 Å². The van der Waals surface area contributed by atoms with E-state index in [1.807, 2.05) is 56.6 Å². The molecular formula is C23H26N4O3. The number of amides is 1. The quantitative estimate of drug-likeness (QED) is 0.683. The molecule has 30 heavy (non-hydrogen) atoms. The molecule has 156 valence electrons. The van der Waals surface area contributed by atoms with Crippen LogP contribution in [0.2, 0.25) is 0 Å². The molecule has 7 heteroatoms. The van der Waals surface area contributed by atoms with Gasteiger partial charge in [0.05, 0.1) is 18.8 Å². The zero-order valence-corrected chi connectivity index (χ0v) is 17.7. The molecule has 3 heterocycles. The molecule has 1 amide bonds. The van der Waals surface area contributed by atoms with Gasteiger partial charge in [-0.2, -0.15) is 5.10 Å². The lowest BCUT2D eigenvalue weighted by atomic mass is 9.98. The summed E-state index contributed by atoms with van der Waals surface area (Å²) in [5, 5.41) is 15.4. The minimum absolute atomic E-state index is 0.185. The molecule has 0 unspecified atom stereocenters. The van der Waals surface area contributed by atoms with Gasteiger partial charge in [-0.05, 0) is 63.1 Å². The zero-order valence-electron chi connectivity index (χ0n) is 17.7. The van der Waals surface area contributed by atoms with Crippen LogP contribution >= 0.6 is 0 Å². The van der Waals surface area contributed by atoms with Crippen molar-refractivity contribution in [1.29, 1.82) is 0 Å². The number of rotatable bonds is 2. The first-order valence-corrected chi connectivity index (χ1v) is 10.0. The first kappa shape index (κ1) is 19.9. The predicted octanol–water partition coefficient (Wildman–Crippen LogP) is 4.38. The molecule has 4 rings (SSSR count). The Hall–Kier alpha value is -3.35. The number of aromatic nitrogens is 3. The van der Waals surface area contributed by atoms with E-state index in [1.165, 1.54) is 0 Å². The number of hydrogen-bond donors (Lipinski definition) is 1. The van der Waals surface area contributed by atoms with Gasteiger partial charge in [0, 0.05) is 30.1 Å². The third kappa shape index (κ3) is 3.87. The summed E-state index contributed by atoms with van der Waals surface area (Å²) in [5.41, 5.74) is 4.52. The van der Waals surface area contributed by atoms with Crippen molar-refractivity contribution in [1.82, 2.24) is 19.7 Å². The number of benzene rings is 1. The fourth-order valence-corrected chi connectivity index (χ4v) is 3.65. The Morgan fingerprint density at radius 3 is 2.53 bits per heavy atom. The van der Waals surface area contributed by atoms with Crippen LogP contribution in [-0.2, 0) is 17.8 Å². The second-order valence-corrected chi connectivity index (χ2v) is 8.55. The summed E-state index contributed by atoms with van der Waals surface area (Å²) >= 11 is 0. The van der Waals surface area contributed by atoms with E-state index < -0.39 is 5.60 Å². The second-order valence-electron chi connectivity index (χ2n) is 8.55. The van der Waals surface area contributed by atoms with E-state index >= 15 is 0 Å². The third-order valence-electron chi connectivity index (χ3n) is 5.01. The van der Waals surface area contributed by atoms with Crippen molar-refractivity contribution in [2.75, 3.05) is 6.54 Å². The van der Waals surface area contributed by atoms with Gasteiger partial charge in [0.1, 0.15) is 17.0 Å². The Morgan fingerprint density at radius 2 is 1.87 bits per heavy atom. The highest BCUT2D eigenvalue weighted by atomic mass is 16.6. The molecule has 7 nitrogen and oxygen atoms in total. The molecule has 1 N–H and O–H groups in total. The Bertz CT molecular complexity index is 1080. The lowest BCUT2D eigenvalue weighted by molar-refractivity contribution is 0.0195. The van der Waals surface area contributed by atoms with Gasteiger partial charge < -0.3 is 14.7 Å². The van der Waals surface area contributed by atoms with E-state index in [2.05, 4.69) is 4.98 Å². The number of nitrogens with zero attached hydrogens (tertiary/aromatic N) is 4. The fraction of sp³-hybridized carbons (Fsp3) is 0.348. The van der Waals surface area contributed by atoms with Gasteiger partial charge in [-0.1, -0.05) is 6.07 Å². The highest BCUT2D eigenvalue weighted by Gasteiger charge is 2.31. The molecule has 1 aliphatic rings. The molecule has 3 aromatic rings. The van der Waals surface area contributed by atoms with Gasteiger partial charge in [-0.25, -0.2) is 4.79 Å². The first-order chi connectivity index (χ1) is 14.2. The van der Waals surface area contributed by atoms with Gasteiger partial charge in [-0.15, -0.1) is 0 Å². The average Bonchev–Trinajstić information content (AvgIpc) is 3.05. The van der Waals surface area contributed by atoms with E-state index in [1.54, 1.807) is 23.4 Å². The minimum Gasteiger partial charge on any atom is -0.507 e. The lowest BCUT2D eigenvalue weighted by Crippen LogP contribution is -2.41. The van der Waals surface area contributed by atoms with Crippen molar-refractivity contribution >= 4 is 6.09 Å². The first-order valence-electron chi connectivity index (χ1n) is 10.0. The highest BCUT2D eigenvalue weighted by molar-refractivity contribution is 5.85. The summed E-state index contributed by atoms with van der Waals surface area (Å²) in [7, 11) is 0. The van der Waals surface area contributed by atoms with E-state index in [-0.39, 0.29) is 11.8 Å². The number of ether oxygens (including phenoxy) is 1. The smallest absolute Gasteiger partial charge is 0.410 e. The van der Waals surface area contributed by atoms with Crippen LogP contribution in [0.5, 0.6) is 5.75 Å². The summed E-state index contributed by atoms with van der Waals surface area (Å²) in [6, 6.07) is 9.40. The van der Waals surface area contributed by atoms with Gasteiger partial charge in [-0.3, -0.25) is 9.67 Å². The third-order valence-corrected chi connectivity index (χ3v) is 5.01. The Morgan fingerprint density at radius 1 is 1.13 bits per heavy atom. The topological polar surface area (TPSA) is 80.5 Å². The molecule has 0 saturated carbocycles. The van der Waals surface area contributed by atoms with Gasteiger partial charge in [0.2, 0.25) is 0 Å². The zero-order chi connectivity index (χ0) is 21.5. The van der Waals surface area contributed by atoms with Crippen LogP contribution < -0.4 is 0 Å². The highest BCUT2D eigenvalue weighted by Crippen LogP contribution is 2.40. The number of hydrogen-bond acceptors (Lipinski definition) is 5. The van der Waals surface area contributed by atoms with E-state index in [0.29, 0.717) is 30.9 Å². The number of phenols is 1. The number of aryl methyl sites for hydroxylation is 1. The van der Waals surface area contributed by atoms with Crippen molar-refractivity contribution in [3.05, 3.63) is 54.0 Å². The number of carbonyl (C=O) groups excluding carboxylic acids is 1. The normalized spacial score (nSPS) is 13.8. The number of pyridine rings is 1. The summed E-state index contributed by atoms with van der Waals surface area (Å²) in [6.45, 7) is 8.97. The van der Waals surface area contributed by atoms with Gasteiger partial charge in [0.15, 0.2) is 0 Å². The minimum atomic E-state index is -0.554.